The van der Waals surface area contributed by atoms with E-state index < -0.39 is 10.0 Å². The topological polar surface area (TPSA) is 72.2 Å². The van der Waals surface area contributed by atoms with E-state index >= 15 is 0 Å². The SMILES string of the molecule is CCC(C)CNS(=O)(=O)CCN. The lowest BCUT2D eigenvalue weighted by atomic mass is 10.1. The van der Waals surface area contributed by atoms with E-state index in [-0.39, 0.29) is 12.3 Å². The standard InChI is InChI=1S/C7H18N2O2S/c1-3-7(2)6-9-12(10,11)5-4-8/h7,9H,3-6,8H2,1-2H3. The van der Waals surface area contributed by atoms with Crippen LogP contribution < -0.4 is 10.5 Å². The lowest BCUT2D eigenvalue weighted by Crippen LogP contribution is -2.32. The zero-order valence-electron chi connectivity index (χ0n) is 7.71. The summed E-state index contributed by atoms with van der Waals surface area (Å²) in [5.74, 6) is 0.404. The molecule has 0 heterocycles. The molecule has 0 bridgehead atoms. The van der Waals surface area contributed by atoms with Crippen molar-refractivity contribution >= 4 is 10.0 Å². The van der Waals surface area contributed by atoms with Crippen molar-refractivity contribution in [1.29, 1.82) is 0 Å². The molecule has 0 rings (SSSR count). The molecule has 0 aliphatic heterocycles. The van der Waals surface area contributed by atoms with Crippen LogP contribution in [0.5, 0.6) is 0 Å². The molecule has 0 aromatic heterocycles. The summed E-state index contributed by atoms with van der Waals surface area (Å²) in [7, 11) is -3.11. The molecule has 0 aromatic carbocycles. The Bertz CT molecular complexity index is 201. The molecule has 0 amide bonds. The second-order valence-electron chi connectivity index (χ2n) is 2.97. The zero-order valence-corrected chi connectivity index (χ0v) is 8.52. The summed E-state index contributed by atoms with van der Waals surface area (Å²) >= 11 is 0. The third-order valence-electron chi connectivity index (χ3n) is 1.74. The van der Waals surface area contributed by atoms with Crippen LogP contribution in [-0.2, 0) is 10.0 Å². The maximum Gasteiger partial charge on any atom is 0.212 e. The molecular weight excluding hydrogens is 176 g/mol. The quantitative estimate of drug-likeness (QED) is 0.620. The van der Waals surface area contributed by atoms with Crippen molar-refractivity contribution in [3.05, 3.63) is 0 Å². The van der Waals surface area contributed by atoms with Crippen LogP contribution in [-0.4, -0.2) is 27.3 Å². The Morgan fingerprint density at radius 2 is 2.08 bits per heavy atom. The average Bonchev–Trinajstić information content (AvgIpc) is 2.00. The molecule has 0 saturated carbocycles. The Hall–Kier alpha value is -0.130. The van der Waals surface area contributed by atoms with Gasteiger partial charge in [-0.1, -0.05) is 20.3 Å². The van der Waals surface area contributed by atoms with Crippen LogP contribution in [0.4, 0.5) is 0 Å². The predicted molar refractivity (Wildman–Crippen MR) is 50.3 cm³/mol. The molecular formula is C7H18N2O2S. The molecule has 0 fully saturated rings. The van der Waals surface area contributed by atoms with Crippen molar-refractivity contribution < 1.29 is 8.42 Å². The van der Waals surface area contributed by atoms with Gasteiger partial charge < -0.3 is 5.73 Å². The number of nitrogens with two attached hydrogens (primary N) is 1. The highest BCUT2D eigenvalue weighted by Gasteiger charge is 2.09. The summed E-state index contributed by atoms with van der Waals surface area (Å²) in [4.78, 5) is 0. The van der Waals surface area contributed by atoms with Crippen LogP contribution in [0.15, 0.2) is 0 Å². The van der Waals surface area contributed by atoms with Crippen LogP contribution in [0.25, 0.3) is 0 Å². The van der Waals surface area contributed by atoms with E-state index in [0.717, 1.165) is 6.42 Å². The lowest BCUT2D eigenvalue weighted by molar-refractivity contribution is 0.528. The van der Waals surface area contributed by atoms with E-state index in [0.29, 0.717) is 12.5 Å². The van der Waals surface area contributed by atoms with Gasteiger partial charge in [0.1, 0.15) is 0 Å². The number of hydrogen-bond acceptors (Lipinski definition) is 3. The van der Waals surface area contributed by atoms with Crippen LogP contribution in [0.1, 0.15) is 20.3 Å². The summed E-state index contributed by atoms with van der Waals surface area (Å²) < 4.78 is 24.6. The van der Waals surface area contributed by atoms with Crippen LogP contribution in [0, 0.1) is 5.92 Å². The van der Waals surface area contributed by atoms with Crippen molar-refractivity contribution in [2.75, 3.05) is 18.8 Å². The molecule has 1 atom stereocenters. The summed E-state index contributed by atoms with van der Waals surface area (Å²) in [6, 6.07) is 0. The largest absolute Gasteiger partial charge is 0.329 e. The fraction of sp³-hybridized carbons (Fsp3) is 1.00. The van der Waals surface area contributed by atoms with Gasteiger partial charge in [0.15, 0.2) is 0 Å². The van der Waals surface area contributed by atoms with Gasteiger partial charge in [-0.3, -0.25) is 0 Å². The first kappa shape index (κ1) is 11.9. The molecule has 0 radical (unpaired) electrons. The van der Waals surface area contributed by atoms with Gasteiger partial charge in [0.25, 0.3) is 0 Å². The smallest absolute Gasteiger partial charge is 0.212 e. The van der Waals surface area contributed by atoms with Crippen molar-refractivity contribution in [3.8, 4) is 0 Å². The van der Waals surface area contributed by atoms with Crippen molar-refractivity contribution in [2.45, 2.75) is 20.3 Å². The first-order chi connectivity index (χ1) is 5.52. The monoisotopic (exact) mass is 194 g/mol. The minimum Gasteiger partial charge on any atom is -0.329 e. The van der Waals surface area contributed by atoms with Crippen LogP contribution >= 0.6 is 0 Å². The molecule has 4 nitrogen and oxygen atoms in total. The van der Waals surface area contributed by atoms with Gasteiger partial charge in [-0.15, -0.1) is 0 Å². The zero-order chi connectivity index (χ0) is 9.61. The van der Waals surface area contributed by atoms with Gasteiger partial charge in [0.2, 0.25) is 10.0 Å². The number of hydrogen-bond donors (Lipinski definition) is 2. The maximum atomic E-state index is 11.1. The van der Waals surface area contributed by atoms with Gasteiger partial charge >= 0.3 is 0 Å². The predicted octanol–water partition coefficient (Wildman–Crippen LogP) is -0.0894. The molecule has 1 unspecified atom stereocenters. The van der Waals surface area contributed by atoms with Crippen molar-refractivity contribution in [3.63, 3.8) is 0 Å². The van der Waals surface area contributed by atoms with Crippen LogP contribution in [0.3, 0.4) is 0 Å². The fourth-order valence-electron chi connectivity index (χ4n) is 0.641. The third kappa shape index (κ3) is 5.51. The minimum absolute atomic E-state index is 0.0173. The first-order valence-corrected chi connectivity index (χ1v) is 5.84. The fourth-order valence-corrected chi connectivity index (χ4v) is 1.63. The van der Waals surface area contributed by atoms with Crippen molar-refractivity contribution in [2.24, 2.45) is 11.7 Å². The van der Waals surface area contributed by atoms with Crippen molar-refractivity contribution in [1.82, 2.24) is 4.72 Å². The Labute approximate surface area is 74.6 Å². The molecule has 3 N–H and O–H groups in total. The van der Waals surface area contributed by atoms with Gasteiger partial charge in [-0.25, -0.2) is 13.1 Å². The average molecular weight is 194 g/mol. The number of sulfonamides is 1. The van der Waals surface area contributed by atoms with Gasteiger partial charge in [0, 0.05) is 13.1 Å². The third-order valence-corrected chi connectivity index (χ3v) is 3.11. The second kappa shape index (κ2) is 5.50. The molecule has 0 aliphatic carbocycles. The van der Waals surface area contributed by atoms with E-state index in [9.17, 15) is 8.42 Å². The Morgan fingerprint density at radius 1 is 1.50 bits per heavy atom. The number of nitrogens with one attached hydrogen (secondary N) is 1. The Kier molecular flexibility index (Phi) is 5.44. The Balaban J connectivity index is 3.76. The summed E-state index contributed by atoms with van der Waals surface area (Å²) in [6.07, 6.45) is 0.977. The van der Waals surface area contributed by atoms with E-state index in [1.165, 1.54) is 0 Å². The molecule has 0 saturated heterocycles. The van der Waals surface area contributed by atoms with E-state index in [1.807, 2.05) is 13.8 Å². The van der Waals surface area contributed by atoms with Gasteiger partial charge in [-0.05, 0) is 5.92 Å². The summed E-state index contributed by atoms with van der Waals surface area (Å²) in [5.41, 5.74) is 5.13. The second-order valence-corrected chi connectivity index (χ2v) is 4.90. The van der Waals surface area contributed by atoms with E-state index in [1.54, 1.807) is 0 Å². The van der Waals surface area contributed by atoms with E-state index in [2.05, 4.69) is 4.72 Å². The Morgan fingerprint density at radius 3 is 2.50 bits per heavy atom. The van der Waals surface area contributed by atoms with Gasteiger partial charge in [-0.2, -0.15) is 0 Å². The van der Waals surface area contributed by atoms with E-state index in [4.69, 9.17) is 5.73 Å². The number of rotatable bonds is 6. The highest BCUT2D eigenvalue weighted by atomic mass is 32.2. The first-order valence-electron chi connectivity index (χ1n) is 4.19. The summed E-state index contributed by atoms with van der Waals surface area (Å²) in [5, 5.41) is 0. The lowest BCUT2D eigenvalue weighted by Gasteiger charge is -2.09. The molecule has 0 aliphatic rings. The maximum absolute atomic E-state index is 11.1. The molecule has 12 heavy (non-hydrogen) atoms. The highest BCUT2D eigenvalue weighted by Crippen LogP contribution is 1.98. The van der Waals surface area contributed by atoms with Gasteiger partial charge in [0.05, 0.1) is 5.75 Å². The summed E-state index contributed by atoms with van der Waals surface area (Å²) in [6.45, 7) is 4.72. The minimum atomic E-state index is -3.11. The molecule has 5 heteroatoms. The molecule has 74 valence electrons. The highest BCUT2D eigenvalue weighted by molar-refractivity contribution is 7.89. The molecule has 0 spiro atoms. The van der Waals surface area contributed by atoms with Crippen LogP contribution in [0.2, 0.25) is 0 Å². The molecule has 0 aromatic rings. The normalized spacial score (nSPS) is 14.6.